The molecule has 7 aliphatic rings. The Bertz CT molecular complexity index is 6420. The molecule has 1 amide bonds. The molecule has 0 saturated carbocycles. The highest BCUT2D eigenvalue weighted by Crippen LogP contribution is 2.58. The minimum atomic E-state index is -5.86. The number of phosphoric ester groups is 2. The zero-order chi connectivity index (χ0) is 105. The van der Waals surface area contributed by atoms with E-state index in [-0.39, 0.29) is 141 Å². The van der Waals surface area contributed by atoms with Gasteiger partial charge < -0.3 is 162 Å². The number of ether oxygens (including phenoxy) is 16. The number of fused-ring (bicyclic) bond motifs is 3. The normalized spacial score (nSPS) is 29.7. The van der Waals surface area contributed by atoms with Gasteiger partial charge in [0.1, 0.15) is 139 Å². The number of nitrogens with zero attached hydrogens (tertiary/aromatic N) is 16. The number of imidazole rings is 3. The van der Waals surface area contributed by atoms with Crippen LogP contribution in [0.5, 0.6) is 0 Å². The summed E-state index contributed by atoms with van der Waals surface area (Å²) in [5.74, 6) is -1.15. The van der Waals surface area contributed by atoms with E-state index in [1.54, 1.807) is 11.5 Å². The average Bonchev–Trinajstić information content (AvgIpc) is 1.61. The summed E-state index contributed by atoms with van der Waals surface area (Å²) in [4.78, 5) is 162. The molecule has 806 valence electrons. The molecule has 7 aliphatic heterocycles. The molecule has 69 heteroatoms. The Kier molecular flexibility index (Phi) is 37.2. The minimum Gasteiger partial charge on any atom is -0.387 e. The quantitative estimate of drug-likeness (QED) is 0.0161. The molecule has 6 fully saturated rings. The fourth-order valence-corrected chi connectivity index (χ4v) is 23.1. The third kappa shape index (κ3) is 26.0. The number of hydrogen-bond acceptors (Lipinski definition) is 52. The maximum atomic E-state index is 15.4. The van der Waals surface area contributed by atoms with Gasteiger partial charge >= 0.3 is 47.2 Å². The zero-order valence-electron chi connectivity index (χ0n) is 79.4. The summed E-state index contributed by atoms with van der Waals surface area (Å²) < 4.78 is 195. The maximum Gasteiger partial charge on any atom is 0.472 e. The van der Waals surface area contributed by atoms with E-state index in [0.717, 1.165) is 26.4 Å². The molecule has 0 spiro atoms. The second-order valence-electron chi connectivity index (χ2n) is 33.5. The topological polar surface area (TPSA) is 778 Å². The first-order chi connectivity index (χ1) is 69.6. The van der Waals surface area contributed by atoms with Crippen molar-refractivity contribution < 1.29 is 165 Å². The molecule has 0 aromatic carbocycles. The fourth-order valence-electron chi connectivity index (χ4n) is 16.9. The van der Waals surface area contributed by atoms with Gasteiger partial charge in [0, 0.05) is 77.3 Å². The molecule has 146 heavy (non-hydrogen) atoms. The monoisotopic (exact) mass is 2220 g/mol. The van der Waals surface area contributed by atoms with Crippen molar-refractivity contribution in [2.75, 3.05) is 163 Å². The molecule has 61 nitrogen and oxygen atoms in total. The summed E-state index contributed by atoms with van der Waals surface area (Å²) in [6.07, 6.45) is -25.0. The van der Waals surface area contributed by atoms with Gasteiger partial charge in [0.25, 0.3) is 11.5 Å². The lowest BCUT2D eigenvalue weighted by Gasteiger charge is -2.35. The van der Waals surface area contributed by atoms with Gasteiger partial charge in [0.05, 0.1) is 130 Å². The highest BCUT2D eigenvalue weighted by Gasteiger charge is 2.59. The van der Waals surface area contributed by atoms with E-state index in [2.05, 4.69) is 66.7 Å². The van der Waals surface area contributed by atoms with E-state index in [1.165, 1.54) is 103 Å². The van der Waals surface area contributed by atoms with Crippen molar-refractivity contribution in [3.8, 4) is 0 Å². The molecular weight excluding hydrogens is 2110 g/mol. The van der Waals surface area contributed by atoms with Crippen LogP contribution in [-0.2, 0) is 170 Å². The Hall–Kier alpha value is -7.91. The number of methoxy groups -OCH3 is 5. The SMILES string of the molecule is C=C1NC(=O)C(C)=CN1[C@@H]1O[C@H](COP(O)(=S)O[C@@H]2C(OCCOC)[C@H](n3cc(C)c(N)nc3=O)O[C@@H]2COP(=O)(O)O[C@@H]2C(OCCOC)[C@H](n3cnc4c(=O)[nH]c(N)nc43)O[C@@H]2COP(O)(=S)O[C@@H]2C(OCCOC)[C@H](n3cnc4c(N)ncnc43)O[C@@H]2COP(=O)(O)O[C@@H]2C(OCCOC)[C@H](n3cc(C)c(N)nc3=O)O[C@@H]2COP(O)(=S)O[C@@H]2C[C@H](n3cnc4c(N)ncnc43)O[C@@H]2CC)[C@H](O)C1OCCOC. The molecule has 0 radical (unpaired) electrons. The zero-order valence-corrected chi connectivity index (χ0v) is 86.3. The lowest BCUT2D eigenvalue weighted by molar-refractivity contribution is -0.121. The number of aryl methyl sites for hydroxylation is 2. The van der Waals surface area contributed by atoms with Crippen LogP contribution in [0.15, 0.2) is 82.6 Å². The van der Waals surface area contributed by atoms with Gasteiger partial charge in [-0.05, 0) is 62.6 Å². The third-order valence-electron chi connectivity index (χ3n) is 23.8. The van der Waals surface area contributed by atoms with Crippen LogP contribution >= 0.6 is 35.8 Å². The average molecular weight is 2220 g/mol. The maximum absolute atomic E-state index is 15.4. The van der Waals surface area contributed by atoms with Gasteiger partial charge in [0.2, 0.25) is 5.95 Å². The summed E-state index contributed by atoms with van der Waals surface area (Å²) in [6.45, 7) is -10.8. The van der Waals surface area contributed by atoms with Crippen molar-refractivity contribution >= 4 is 140 Å². The summed E-state index contributed by atoms with van der Waals surface area (Å²) in [5.41, 5.74) is 28.8. The standard InChI is InChI=1S/C77H112N23O38P5S3/c1-11-40-41(22-47(128-40)98-33-87-48-63(80)83-31-85-65(48)98)134-141(110,144)126-29-45-52(57(119-18-13-114-7)71(131-45)96-23-36(2)61(78)91-76(96)104)135-139(106,107)124-28-44-55(60(122-21-16-117-10)73(132-44)99-34-88-49-64(81)84-32-86-66(49)99)138-143(112,146)127-30-46-53(58(120-19-14-115-8)74(133-46)100-35-89-50-67(100)93-75(82)94-69(50)103)136-140(108,109)123-27-43-54(59(121-20-15-116-9)72(130-43)97-24-37(3)62(79)92-77(97)105)137-142(111,145)125-26-42-51(101)56(118-17-12-113-6)70(129-42)95-25-38(4)68(102)90-39(95)5/h23-25,31-35,40-47,51-60,70-74,101H,5,11-22,26-30H2,1-4,6-10H3,(H,90,102)(H,106,107)(H,108,109)(H,110,144)(H,111,145)(H,112,146)(H2,78,91,104)(H2,79,92,105)(H2,80,83,85)(H2,81,84,86)(H3,82,93,94,103)/t40-,41-,42-,43-,44-,45-,46-,47-,51+,52+,53+,54+,55+,56?,57?,58?,59?,60?,70-,71-,72-,73-,74-,141?,142?,143?/m1/s1. The van der Waals surface area contributed by atoms with Crippen LogP contribution in [0.1, 0.15) is 69.0 Å². The number of nitrogens with one attached hydrogen (secondary N) is 2. The van der Waals surface area contributed by atoms with Gasteiger partial charge in [-0.25, -0.2) is 53.6 Å². The van der Waals surface area contributed by atoms with Crippen LogP contribution in [0.4, 0.5) is 29.2 Å². The van der Waals surface area contributed by atoms with E-state index in [4.69, 9.17) is 185 Å². The predicted molar refractivity (Wildman–Crippen MR) is 511 cm³/mol. The van der Waals surface area contributed by atoms with E-state index in [9.17, 15) is 48.8 Å². The van der Waals surface area contributed by atoms with Crippen LogP contribution in [-0.4, -0.2) is 363 Å². The van der Waals surface area contributed by atoms with Crippen molar-refractivity contribution in [1.29, 1.82) is 0 Å². The van der Waals surface area contributed by atoms with E-state index < -0.39 is 239 Å². The number of aromatic nitrogens is 16. The van der Waals surface area contributed by atoms with Crippen molar-refractivity contribution in [2.24, 2.45) is 0 Å². The molecule has 10 unspecified atom stereocenters. The first kappa shape index (κ1) is 112. The van der Waals surface area contributed by atoms with Gasteiger partial charge in [-0.1, -0.05) is 13.5 Å². The Morgan fingerprint density at radius 1 is 0.438 bits per heavy atom. The Morgan fingerprint density at radius 3 is 1.25 bits per heavy atom. The second kappa shape index (κ2) is 48.4. The second-order valence-corrected chi connectivity index (χ2v) is 44.7. The van der Waals surface area contributed by atoms with Crippen molar-refractivity contribution in [3.05, 3.63) is 111 Å². The number of phosphoric acid groups is 2. The number of nitrogen functional groups attached to an aromatic ring is 5. The molecule has 8 aromatic heterocycles. The molecule has 0 aliphatic carbocycles. The van der Waals surface area contributed by atoms with E-state index in [0.29, 0.717) is 17.6 Å². The molecule has 15 rings (SSSR count). The molecule has 15 heterocycles. The lowest BCUT2D eigenvalue weighted by atomic mass is 10.1. The van der Waals surface area contributed by atoms with Crippen LogP contribution in [0.2, 0.25) is 0 Å². The summed E-state index contributed by atoms with van der Waals surface area (Å²) in [5, 5.41) is 14.5. The smallest absolute Gasteiger partial charge is 0.387 e. The predicted octanol–water partition coefficient (Wildman–Crippen LogP) is -0.961. The van der Waals surface area contributed by atoms with E-state index >= 15 is 9.13 Å². The summed E-state index contributed by atoms with van der Waals surface area (Å²) in [7, 11) is -4.80. The van der Waals surface area contributed by atoms with Crippen LogP contribution in [0.25, 0.3) is 33.5 Å². The van der Waals surface area contributed by atoms with Crippen molar-refractivity contribution in [2.45, 2.75) is 182 Å². The van der Waals surface area contributed by atoms with E-state index in [1.807, 2.05) is 0 Å². The number of rotatable bonds is 52. The molecule has 0 bridgehead atoms. The van der Waals surface area contributed by atoms with Gasteiger partial charge in [-0.15, -0.1) is 0 Å². The molecule has 28 atom stereocenters. The number of amides is 1. The first-order valence-electron chi connectivity index (χ1n) is 44.7. The number of nitrogens with two attached hydrogens (primary N) is 5. The van der Waals surface area contributed by atoms with Crippen LogP contribution in [0, 0.1) is 13.8 Å². The Balaban J connectivity index is 0.723. The number of hydrogen-bond donors (Lipinski definition) is 13. The van der Waals surface area contributed by atoms with Gasteiger partial charge in [-0.2, -0.15) is 15.0 Å². The molecule has 8 aromatic rings. The van der Waals surface area contributed by atoms with Crippen molar-refractivity contribution in [3.63, 3.8) is 0 Å². The lowest BCUT2D eigenvalue weighted by Crippen LogP contribution is -2.48. The number of aromatic amines is 1. The summed E-state index contributed by atoms with van der Waals surface area (Å²) >= 11 is 17.2. The molecule has 18 N–H and O–H groups in total. The number of H-pyrrole nitrogens is 1. The van der Waals surface area contributed by atoms with Gasteiger partial charge in [-0.3, -0.25) is 64.6 Å². The Labute approximate surface area is 843 Å². The highest BCUT2D eigenvalue weighted by molar-refractivity contribution is 8.07. The molecular formula is C77H112N23O38P5S3. The summed E-state index contributed by atoms with van der Waals surface area (Å²) in [6, 6.07) is 0. The van der Waals surface area contributed by atoms with Crippen molar-refractivity contribution in [1.82, 2.24) is 87.9 Å². The fraction of sp³-hybridized carbons (Fsp3) is 0.636. The van der Waals surface area contributed by atoms with Crippen LogP contribution in [0.3, 0.4) is 0 Å². The number of aliphatic hydroxyl groups excluding tert-OH is 1. The van der Waals surface area contributed by atoms with Crippen LogP contribution < -0.4 is 50.9 Å². The number of carbonyl (C=O) groups excluding carboxylic acids is 1. The third-order valence-corrected chi connectivity index (χ3v) is 30.5. The Morgan fingerprint density at radius 2 is 0.815 bits per heavy atom. The largest absolute Gasteiger partial charge is 0.472 e. The highest BCUT2D eigenvalue weighted by atomic mass is 32.5. The molecule has 6 saturated heterocycles. The first-order valence-corrected chi connectivity index (χ1v) is 55.5. The number of carbonyl (C=O) groups is 1. The van der Waals surface area contributed by atoms with Gasteiger partial charge in [0.15, 0.2) is 65.2 Å². The minimum absolute atomic E-state index is 0.0139. The number of anilines is 5. The number of aliphatic hydroxyl groups is 1.